The highest BCUT2D eigenvalue weighted by Gasteiger charge is 2.24. The van der Waals surface area contributed by atoms with Crippen molar-refractivity contribution in [1.82, 2.24) is 10.2 Å². The zero-order valence-electron chi connectivity index (χ0n) is 16.1. The molecule has 0 spiro atoms. The summed E-state index contributed by atoms with van der Waals surface area (Å²) in [5.41, 5.74) is 1.85. The Morgan fingerprint density at radius 2 is 1.67 bits per heavy atom. The van der Waals surface area contributed by atoms with E-state index in [0.29, 0.717) is 18.7 Å². The zero-order valence-corrected chi connectivity index (χ0v) is 16.1. The minimum absolute atomic E-state index is 0.0622. The number of benzene rings is 2. The van der Waals surface area contributed by atoms with Gasteiger partial charge in [0.05, 0.1) is 19.8 Å². The maximum atomic E-state index is 12.5. The minimum Gasteiger partial charge on any atom is -0.497 e. The number of nitrogens with one attached hydrogen (secondary N) is 1. The number of methoxy groups -OCH3 is 1. The van der Waals surface area contributed by atoms with Crippen molar-refractivity contribution in [3.63, 3.8) is 0 Å². The van der Waals surface area contributed by atoms with Crippen LogP contribution in [-0.4, -0.2) is 44.2 Å². The molecule has 1 heterocycles. The highest BCUT2D eigenvalue weighted by Crippen LogP contribution is 2.26. The molecular formula is C22H28N2O3. The Labute approximate surface area is 161 Å². The number of hydrogen-bond acceptors (Lipinski definition) is 4. The number of carbonyl (C=O) groups is 1. The number of nitrogens with zero attached hydrogens (tertiary/aromatic N) is 1. The van der Waals surface area contributed by atoms with Gasteiger partial charge in [-0.25, -0.2) is 0 Å². The average Bonchev–Trinajstić information content (AvgIpc) is 3.24. The Morgan fingerprint density at radius 1 is 1.04 bits per heavy atom. The Balaban J connectivity index is 1.68. The van der Waals surface area contributed by atoms with E-state index in [-0.39, 0.29) is 11.9 Å². The second kappa shape index (κ2) is 9.42. The zero-order chi connectivity index (χ0) is 19.1. The molecule has 2 aromatic carbocycles. The van der Waals surface area contributed by atoms with E-state index in [1.165, 1.54) is 18.4 Å². The Kier molecular flexibility index (Phi) is 6.71. The topological polar surface area (TPSA) is 50.8 Å². The first-order chi connectivity index (χ1) is 13.2. The van der Waals surface area contributed by atoms with Crippen LogP contribution in [0.25, 0.3) is 0 Å². The van der Waals surface area contributed by atoms with E-state index >= 15 is 0 Å². The van der Waals surface area contributed by atoms with Gasteiger partial charge in [0.2, 0.25) is 0 Å². The fraction of sp³-hybridized carbons (Fsp3) is 0.409. The van der Waals surface area contributed by atoms with Crippen molar-refractivity contribution in [2.45, 2.75) is 25.8 Å². The first-order valence-corrected chi connectivity index (χ1v) is 9.60. The predicted octanol–water partition coefficient (Wildman–Crippen LogP) is 3.66. The Hall–Kier alpha value is -2.53. The molecule has 1 fully saturated rings. The SMILES string of the molecule is CCOc1ccc(C(CNC(=O)c2ccc(OC)cc2)N2CCCC2)cc1. The lowest BCUT2D eigenvalue weighted by Gasteiger charge is -2.28. The van der Waals surface area contributed by atoms with Crippen molar-refractivity contribution >= 4 is 5.91 Å². The predicted molar refractivity (Wildman–Crippen MR) is 106 cm³/mol. The first kappa shape index (κ1) is 19.2. The van der Waals surface area contributed by atoms with Gasteiger partial charge in [-0.3, -0.25) is 9.69 Å². The van der Waals surface area contributed by atoms with Crippen molar-refractivity contribution in [2.24, 2.45) is 0 Å². The van der Waals surface area contributed by atoms with E-state index in [2.05, 4.69) is 22.3 Å². The molecule has 5 heteroatoms. The normalized spacial score (nSPS) is 15.3. The average molecular weight is 368 g/mol. The van der Waals surface area contributed by atoms with Gasteiger partial charge in [-0.05, 0) is 74.8 Å². The van der Waals surface area contributed by atoms with Crippen molar-refractivity contribution in [3.05, 3.63) is 59.7 Å². The van der Waals surface area contributed by atoms with E-state index in [9.17, 15) is 4.79 Å². The van der Waals surface area contributed by atoms with E-state index in [1.807, 2.05) is 19.1 Å². The summed E-state index contributed by atoms with van der Waals surface area (Å²) < 4.78 is 10.7. The van der Waals surface area contributed by atoms with Crippen molar-refractivity contribution < 1.29 is 14.3 Å². The summed E-state index contributed by atoms with van der Waals surface area (Å²) in [7, 11) is 1.62. The van der Waals surface area contributed by atoms with Gasteiger partial charge in [-0.15, -0.1) is 0 Å². The molecule has 0 aromatic heterocycles. The highest BCUT2D eigenvalue weighted by atomic mass is 16.5. The summed E-state index contributed by atoms with van der Waals surface area (Å²) in [6, 6.07) is 15.6. The van der Waals surface area contributed by atoms with E-state index in [1.54, 1.807) is 31.4 Å². The number of likely N-dealkylation sites (tertiary alicyclic amines) is 1. The maximum Gasteiger partial charge on any atom is 0.251 e. The van der Waals surface area contributed by atoms with Crippen LogP contribution < -0.4 is 14.8 Å². The molecule has 1 atom stereocenters. The molecule has 1 aliphatic rings. The summed E-state index contributed by atoms with van der Waals surface area (Å²) in [5, 5.41) is 3.10. The molecule has 27 heavy (non-hydrogen) atoms. The lowest BCUT2D eigenvalue weighted by molar-refractivity contribution is 0.0938. The van der Waals surface area contributed by atoms with E-state index in [0.717, 1.165) is 24.6 Å². The quantitative estimate of drug-likeness (QED) is 0.773. The molecule has 0 radical (unpaired) electrons. The summed E-state index contributed by atoms with van der Waals surface area (Å²) in [6.45, 7) is 5.36. The van der Waals surface area contributed by atoms with Crippen LogP contribution in [0.4, 0.5) is 0 Å². The Bertz CT molecular complexity index is 722. The van der Waals surface area contributed by atoms with Crippen LogP contribution in [0.5, 0.6) is 11.5 Å². The number of hydrogen-bond donors (Lipinski definition) is 1. The lowest BCUT2D eigenvalue weighted by Crippen LogP contribution is -2.36. The van der Waals surface area contributed by atoms with Gasteiger partial charge in [0.15, 0.2) is 0 Å². The summed E-state index contributed by atoms with van der Waals surface area (Å²) >= 11 is 0. The van der Waals surface area contributed by atoms with Gasteiger partial charge in [0.1, 0.15) is 11.5 Å². The third-order valence-electron chi connectivity index (χ3n) is 4.97. The molecule has 0 aliphatic carbocycles. The number of carbonyl (C=O) groups excluding carboxylic acids is 1. The molecule has 5 nitrogen and oxygen atoms in total. The molecule has 144 valence electrons. The second-order valence-corrected chi connectivity index (χ2v) is 6.70. The summed E-state index contributed by atoms with van der Waals surface area (Å²) in [4.78, 5) is 15.0. The molecule has 1 amide bonds. The smallest absolute Gasteiger partial charge is 0.251 e. The Morgan fingerprint density at radius 3 is 2.26 bits per heavy atom. The third-order valence-corrected chi connectivity index (χ3v) is 4.97. The van der Waals surface area contributed by atoms with Crippen molar-refractivity contribution in [1.29, 1.82) is 0 Å². The molecule has 1 saturated heterocycles. The fourth-order valence-corrected chi connectivity index (χ4v) is 3.50. The van der Waals surface area contributed by atoms with Gasteiger partial charge < -0.3 is 14.8 Å². The van der Waals surface area contributed by atoms with Crippen LogP contribution in [0.1, 0.15) is 41.7 Å². The highest BCUT2D eigenvalue weighted by molar-refractivity contribution is 5.94. The monoisotopic (exact) mass is 368 g/mol. The number of amides is 1. The van der Waals surface area contributed by atoms with Gasteiger partial charge in [-0.1, -0.05) is 12.1 Å². The standard InChI is InChI=1S/C22H28N2O3/c1-3-27-20-12-6-17(7-13-20)21(24-14-4-5-15-24)16-23-22(25)18-8-10-19(26-2)11-9-18/h6-13,21H,3-5,14-16H2,1-2H3,(H,23,25). The molecule has 3 rings (SSSR count). The third kappa shape index (κ3) is 5.01. The summed E-state index contributed by atoms with van der Waals surface area (Å²) in [6.07, 6.45) is 2.42. The molecule has 0 saturated carbocycles. The molecule has 1 unspecified atom stereocenters. The number of ether oxygens (including phenoxy) is 2. The van der Waals surface area contributed by atoms with Crippen LogP contribution in [0, 0.1) is 0 Å². The largest absolute Gasteiger partial charge is 0.497 e. The minimum atomic E-state index is -0.0622. The van der Waals surface area contributed by atoms with Gasteiger partial charge >= 0.3 is 0 Å². The first-order valence-electron chi connectivity index (χ1n) is 9.60. The second-order valence-electron chi connectivity index (χ2n) is 6.70. The van der Waals surface area contributed by atoms with Gasteiger partial charge in [-0.2, -0.15) is 0 Å². The van der Waals surface area contributed by atoms with Gasteiger partial charge in [0.25, 0.3) is 5.91 Å². The van der Waals surface area contributed by atoms with Crippen molar-refractivity contribution in [2.75, 3.05) is 33.4 Å². The van der Waals surface area contributed by atoms with Crippen LogP contribution in [0.3, 0.4) is 0 Å². The van der Waals surface area contributed by atoms with Crippen LogP contribution in [0.2, 0.25) is 0 Å². The molecule has 0 bridgehead atoms. The van der Waals surface area contributed by atoms with E-state index in [4.69, 9.17) is 9.47 Å². The molecule has 1 aliphatic heterocycles. The van der Waals surface area contributed by atoms with E-state index < -0.39 is 0 Å². The summed E-state index contributed by atoms with van der Waals surface area (Å²) in [5.74, 6) is 1.56. The van der Waals surface area contributed by atoms with Gasteiger partial charge in [0, 0.05) is 12.1 Å². The van der Waals surface area contributed by atoms with Crippen LogP contribution >= 0.6 is 0 Å². The lowest BCUT2D eigenvalue weighted by atomic mass is 10.0. The number of rotatable bonds is 8. The molecule has 1 N–H and O–H groups in total. The van der Waals surface area contributed by atoms with Crippen LogP contribution in [0.15, 0.2) is 48.5 Å². The maximum absolute atomic E-state index is 12.5. The molecule has 2 aromatic rings. The fourth-order valence-electron chi connectivity index (χ4n) is 3.50. The van der Waals surface area contributed by atoms with Crippen molar-refractivity contribution in [3.8, 4) is 11.5 Å². The molecular weight excluding hydrogens is 340 g/mol. The van der Waals surface area contributed by atoms with Crippen LogP contribution in [-0.2, 0) is 0 Å².